The fourth-order valence-electron chi connectivity index (χ4n) is 1.53. The highest BCUT2D eigenvalue weighted by Crippen LogP contribution is 2.23. The highest BCUT2D eigenvalue weighted by molar-refractivity contribution is 7.85. The minimum atomic E-state index is -4.20. The minimum Gasteiger partial charge on any atom is -0.455 e. The first-order valence-corrected chi connectivity index (χ1v) is 7.47. The van der Waals surface area contributed by atoms with Crippen LogP contribution >= 0.6 is 12.2 Å². The maximum atomic E-state index is 10.9. The van der Waals surface area contributed by atoms with Crippen molar-refractivity contribution in [1.82, 2.24) is 5.43 Å². The molecule has 0 radical (unpaired) electrons. The lowest BCUT2D eigenvalue weighted by atomic mass is 10.2. The molecule has 0 aliphatic heterocycles. The second kappa shape index (κ2) is 6.04. The van der Waals surface area contributed by atoms with Crippen LogP contribution < -0.4 is 11.2 Å². The molecular weight excluding hydrogens is 314 g/mol. The first-order valence-electron chi connectivity index (χ1n) is 5.62. The number of nitrogens with zero attached hydrogens (tertiary/aromatic N) is 1. The van der Waals surface area contributed by atoms with Gasteiger partial charge in [-0.3, -0.25) is 9.98 Å². The SMILES string of the molecule is NC(=S)NN=Cc1ccc(-c2ccc(S(=O)(=O)O)cc2)o1. The van der Waals surface area contributed by atoms with Gasteiger partial charge >= 0.3 is 0 Å². The van der Waals surface area contributed by atoms with Gasteiger partial charge in [-0.15, -0.1) is 0 Å². The molecule has 1 heterocycles. The Morgan fingerprint density at radius 2 is 1.95 bits per heavy atom. The molecule has 0 amide bonds. The maximum absolute atomic E-state index is 10.9. The topological polar surface area (TPSA) is 118 Å². The summed E-state index contributed by atoms with van der Waals surface area (Å²) in [6.07, 6.45) is 1.40. The molecule has 0 saturated carbocycles. The van der Waals surface area contributed by atoms with Crippen LogP contribution in [0.2, 0.25) is 0 Å². The average Bonchev–Trinajstić information content (AvgIpc) is 2.86. The summed E-state index contributed by atoms with van der Waals surface area (Å²) in [5.74, 6) is 0.987. The molecule has 1 aromatic carbocycles. The number of hydrogen-bond donors (Lipinski definition) is 3. The summed E-state index contributed by atoms with van der Waals surface area (Å²) in [6, 6.07) is 9.00. The Bertz CT molecular complexity index is 779. The van der Waals surface area contributed by atoms with Gasteiger partial charge in [-0.05, 0) is 48.6 Å². The molecule has 0 atom stereocenters. The van der Waals surface area contributed by atoms with E-state index in [1.54, 1.807) is 12.1 Å². The predicted molar refractivity (Wildman–Crippen MR) is 81.5 cm³/mol. The van der Waals surface area contributed by atoms with Gasteiger partial charge in [-0.1, -0.05) is 0 Å². The zero-order valence-electron chi connectivity index (χ0n) is 10.6. The number of nitrogens with two attached hydrogens (primary N) is 1. The zero-order valence-corrected chi connectivity index (χ0v) is 12.2. The number of hydrazone groups is 1. The first-order chi connectivity index (χ1) is 9.86. The highest BCUT2D eigenvalue weighted by atomic mass is 32.2. The van der Waals surface area contributed by atoms with Gasteiger partial charge in [0.15, 0.2) is 5.11 Å². The predicted octanol–water partition coefficient (Wildman–Crippen LogP) is 1.36. The number of benzene rings is 1. The van der Waals surface area contributed by atoms with Crippen molar-refractivity contribution in [3.63, 3.8) is 0 Å². The lowest BCUT2D eigenvalue weighted by molar-refractivity contribution is 0.483. The van der Waals surface area contributed by atoms with E-state index in [0.29, 0.717) is 17.1 Å². The standard InChI is InChI=1S/C12H11N3O4S2/c13-12(20)15-14-7-9-3-6-11(19-9)8-1-4-10(5-2-8)21(16,17)18/h1-7H,(H3,13,15,20)(H,16,17,18). The fourth-order valence-corrected chi connectivity index (χ4v) is 2.06. The van der Waals surface area contributed by atoms with E-state index in [2.05, 4.69) is 22.7 Å². The van der Waals surface area contributed by atoms with Crippen LogP contribution in [-0.2, 0) is 10.1 Å². The number of thiocarbonyl (C=S) groups is 1. The van der Waals surface area contributed by atoms with Crippen LogP contribution in [0.3, 0.4) is 0 Å². The summed E-state index contributed by atoms with van der Waals surface area (Å²) in [4.78, 5) is -0.180. The molecule has 1 aromatic heterocycles. The third kappa shape index (κ3) is 4.12. The Balaban J connectivity index is 2.18. The molecule has 110 valence electrons. The largest absolute Gasteiger partial charge is 0.455 e. The molecule has 4 N–H and O–H groups in total. The van der Waals surface area contributed by atoms with Crippen LogP contribution in [-0.4, -0.2) is 24.3 Å². The van der Waals surface area contributed by atoms with E-state index in [0.717, 1.165) is 0 Å². The van der Waals surface area contributed by atoms with Gasteiger partial charge in [-0.2, -0.15) is 13.5 Å². The number of furan rings is 1. The summed E-state index contributed by atoms with van der Waals surface area (Å²) in [6.45, 7) is 0. The van der Waals surface area contributed by atoms with Crippen molar-refractivity contribution in [3.05, 3.63) is 42.2 Å². The number of hydrogen-bond acceptors (Lipinski definition) is 5. The summed E-state index contributed by atoms with van der Waals surface area (Å²) in [5, 5.41) is 3.79. The smallest absolute Gasteiger partial charge is 0.294 e. The molecule has 9 heteroatoms. The quantitative estimate of drug-likeness (QED) is 0.336. The van der Waals surface area contributed by atoms with Crippen LogP contribution in [0.5, 0.6) is 0 Å². The molecular formula is C12H11N3O4S2. The van der Waals surface area contributed by atoms with Crippen LogP contribution in [0.25, 0.3) is 11.3 Å². The van der Waals surface area contributed by atoms with Gasteiger partial charge in [0.25, 0.3) is 10.1 Å². The van der Waals surface area contributed by atoms with Crippen LogP contribution in [0.1, 0.15) is 5.76 Å². The van der Waals surface area contributed by atoms with Gasteiger partial charge in [0.05, 0.1) is 11.1 Å². The summed E-state index contributed by atoms with van der Waals surface area (Å²) < 4.78 is 36.3. The summed E-state index contributed by atoms with van der Waals surface area (Å²) >= 11 is 4.59. The Hall–Kier alpha value is -2.23. The second-order valence-electron chi connectivity index (χ2n) is 3.94. The van der Waals surface area contributed by atoms with E-state index in [4.69, 9.17) is 14.7 Å². The molecule has 2 aromatic rings. The number of nitrogens with one attached hydrogen (secondary N) is 1. The molecule has 0 unspecified atom stereocenters. The Morgan fingerprint density at radius 1 is 1.29 bits per heavy atom. The lowest BCUT2D eigenvalue weighted by Crippen LogP contribution is -2.23. The van der Waals surface area contributed by atoms with Crippen molar-refractivity contribution in [3.8, 4) is 11.3 Å². The lowest BCUT2D eigenvalue weighted by Gasteiger charge is -1.99. The molecule has 7 nitrogen and oxygen atoms in total. The van der Waals surface area contributed by atoms with Crippen LogP contribution in [0, 0.1) is 0 Å². The summed E-state index contributed by atoms with van der Waals surface area (Å²) in [5.41, 5.74) is 8.26. The van der Waals surface area contributed by atoms with Crippen molar-refractivity contribution in [2.75, 3.05) is 0 Å². The average molecular weight is 325 g/mol. The molecule has 0 bridgehead atoms. The molecule has 2 rings (SSSR count). The van der Waals surface area contributed by atoms with Crippen molar-refractivity contribution >= 4 is 33.7 Å². The minimum absolute atomic E-state index is 0.0406. The van der Waals surface area contributed by atoms with Gasteiger partial charge in [-0.25, -0.2) is 0 Å². The zero-order chi connectivity index (χ0) is 15.5. The summed E-state index contributed by atoms with van der Waals surface area (Å²) in [7, 11) is -4.20. The van der Waals surface area contributed by atoms with Gasteiger partial charge < -0.3 is 10.2 Å². The second-order valence-corrected chi connectivity index (χ2v) is 5.80. The normalized spacial score (nSPS) is 11.7. The van der Waals surface area contributed by atoms with E-state index < -0.39 is 10.1 Å². The molecule has 21 heavy (non-hydrogen) atoms. The van der Waals surface area contributed by atoms with Crippen molar-refractivity contribution in [1.29, 1.82) is 0 Å². The first kappa shape index (κ1) is 15.2. The van der Waals surface area contributed by atoms with Gasteiger partial charge in [0, 0.05) is 5.56 Å². The number of rotatable bonds is 4. The molecule has 0 fully saturated rings. The van der Waals surface area contributed by atoms with Gasteiger partial charge in [0.1, 0.15) is 11.5 Å². The van der Waals surface area contributed by atoms with E-state index >= 15 is 0 Å². The maximum Gasteiger partial charge on any atom is 0.294 e. The Kier molecular flexibility index (Phi) is 4.36. The third-order valence-electron chi connectivity index (χ3n) is 2.43. The van der Waals surface area contributed by atoms with Crippen molar-refractivity contribution in [2.45, 2.75) is 4.90 Å². The van der Waals surface area contributed by atoms with Crippen LogP contribution in [0.4, 0.5) is 0 Å². The van der Waals surface area contributed by atoms with Gasteiger partial charge in [0.2, 0.25) is 0 Å². The van der Waals surface area contributed by atoms with Crippen molar-refractivity contribution < 1.29 is 17.4 Å². The monoisotopic (exact) mass is 325 g/mol. The fraction of sp³-hybridized carbons (Fsp3) is 0. The van der Waals surface area contributed by atoms with E-state index in [-0.39, 0.29) is 10.0 Å². The van der Waals surface area contributed by atoms with Crippen LogP contribution in [0.15, 0.2) is 50.8 Å². The van der Waals surface area contributed by atoms with E-state index in [1.807, 2.05) is 0 Å². The highest BCUT2D eigenvalue weighted by Gasteiger charge is 2.10. The molecule has 0 aliphatic rings. The molecule has 0 saturated heterocycles. The van der Waals surface area contributed by atoms with Crippen molar-refractivity contribution in [2.24, 2.45) is 10.8 Å². The molecule has 0 spiro atoms. The third-order valence-corrected chi connectivity index (χ3v) is 3.39. The Labute approximate surface area is 126 Å². The Morgan fingerprint density at radius 3 is 2.52 bits per heavy atom. The van der Waals surface area contributed by atoms with E-state index in [9.17, 15) is 8.42 Å². The van der Waals surface area contributed by atoms with E-state index in [1.165, 1.54) is 30.5 Å². The molecule has 0 aliphatic carbocycles.